The van der Waals surface area contributed by atoms with Gasteiger partial charge in [-0.25, -0.2) is 4.79 Å². The Morgan fingerprint density at radius 1 is 1.32 bits per heavy atom. The molecule has 1 heterocycles. The van der Waals surface area contributed by atoms with Gasteiger partial charge in [-0.1, -0.05) is 26.0 Å². The van der Waals surface area contributed by atoms with Crippen LogP contribution in [-0.2, 0) is 6.54 Å². The van der Waals surface area contributed by atoms with Crippen LogP contribution < -0.4 is 11.2 Å². The molecule has 0 aliphatic heterocycles. The van der Waals surface area contributed by atoms with E-state index in [1.165, 1.54) is 0 Å². The summed E-state index contributed by atoms with van der Waals surface area (Å²) < 4.78 is 1.06. The van der Waals surface area contributed by atoms with Gasteiger partial charge in [0.2, 0.25) is 0 Å². The minimum atomic E-state index is -1.11. The first-order valence-electron chi connectivity index (χ1n) is 6.27. The standard InChI is InChI=1S/C14H18N2O3/c1-9(2)14(3,19)8-16-12(17)10-6-4-5-7-11(10)15-13(16)18/h4-7,9,19H,8H2,1-3H3,(H,15,18). The summed E-state index contributed by atoms with van der Waals surface area (Å²) in [5, 5.41) is 10.7. The molecule has 0 spiro atoms. The van der Waals surface area contributed by atoms with E-state index in [-0.39, 0.29) is 18.0 Å². The van der Waals surface area contributed by atoms with Gasteiger partial charge >= 0.3 is 5.69 Å². The van der Waals surface area contributed by atoms with Crippen LogP contribution in [0, 0.1) is 5.92 Å². The van der Waals surface area contributed by atoms with Gasteiger partial charge in [0.15, 0.2) is 0 Å². The lowest BCUT2D eigenvalue weighted by atomic mass is 9.92. The predicted octanol–water partition coefficient (Wildman–Crippen LogP) is 1.10. The number of aromatic amines is 1. The molecular formula is C14H18N2O3. The van der Waals surface area contributed by atoms with Crippen molar-refractivity contribution < 1.29 is 5.11 Å². The zero-order valence-electron chi connectivity index (χ0n) is 11.3. The number of benzene rings is 1. The summed E-state index contributed by atoms with van der Waals surface area (Å²) in [7, 11) is 0. The summed E-state index contributed by atoms with van der Waals surface area (Å²) >= 11 is 0. The minimum absolute atomic E-state index is 0.0241. The molecule has 5 heteroatoms. The monoisotopic (exact) mass is 262 g/mol. The third kappa shape index (κ3) is 2.46. The third-order valence-electron chi connectivity index (χ3n) is 3.61. The normalized spacial score (nSPS) is 14.8. The molecular weight excluding hydrogens is 244 g/mol. The van der Waals surface area contributed by atoms with E-state index in [2.05, 4.69) is 4.98 Å². The second-order valence-electron chi connectivity index (χ2n) is 5.38. The van der Waals surface area contributed by atoms with Crippen molar-refractivity contribution in [3.05, 3.63) is 45.1 Å². The Labute approximate surface area is 110 Å². The zero-order valence-corrected chi connectivity index (χ0v) is 11.3. The number of hydrogen-bond acceptors (Lipinski definition) is 3. The Morgan fingerprint density at radius 2 is 1.95 bits per heavy atom. The molecule has 1 aromatic carbocycles. The highest BCUT2D eigenvalue weighted by molar-refractivity contribution is 5.76. The highest BCUT2D eigenvalue weighted by Gasteiger charge is 2.27. The average molecular weight is 262 g/mol. The molecule has 1 atom stereocenters. The van der Waals surface area contributed by atoms with Crippen LogP contribution in [0.25, 0.3) is 10.9 Å². The minimum Gasteiger partial charge on any atom is -0.388 e. The van der Waals surface area contributed by atoms with Gasteiger partial charge in [-0.15, -0.1) is 0 Å². The first-order valence-corrected chi connectivity index (χ1v) is 6.27. The fourth-order valence-corrected chi connectivity index (χ4v) is 1.85. The number of fused-ring (bicyclic) bond motifs is 1. The quantitative estimate of drug-likeness (QED) is 0.869. The molecule has 0 aliphatic rings. The molecule has 0 bridgehead atoms. The van der Waals surface area contributed by atoms with Gasteiger partial charge in [-0.3, -0.25) is 9.36 Å². The van der Waals surface area contributed by atoms with Crippen molar-refractivity contribution in [3.8, 4) is 0 Å². The highest BCUT2D eigenvalue weighted by Crippen LogP contribution is 2.17. The molecule has 2 aromatic rings. The lowest BCUT2D eigenvalue weighted by Gasteiger charge is -2.27. The number of para-hydroxylation sites is 1. The number of nitrogens with one attached hydrogen (secondary N) is 1. The third-order valence-corrected chi connectivity index (χ3v) is 3.61. The SMILES string of the molecule is CC(C)C(C)(O)Cn1c(=O)[nH]c2ccccc2c1=O. The van der Waals surface area contributed by atoms with E-state index >= 15 is 0 Å². The number of H-pyrrole nitrogens is 1. The topological polar surface area (TPSA) is 75.1 Å². The van der Waals surface area contributed by atoms with E-state index in [0.29, 0.717) is 10.9 Å². The Balaban J connectivity index is 2.62. The fraction of sp³-hybridized carbons (Fsp3) is 0.429. The van der Waals surface area contributed by atoms with Crippen molar-refractivity contribution in [1.29, 1.82) is 0 Å². The number of aliphatic hydroxyl groups is 1. The van der Waals surface area contributed by atoms with Crippen LogP contribution in [0.3, 0.4) is 0 Å². The van der Waals surface area contributed by atoms with Crippen LogP contribution in [0.4, 0.5) is 0 Å². The molecule has 19 heavy (non-hydrogen) atoms. The number of aromatic nitrogens is 2. The molecule has 0 radical (unpaired) electrons. The molecule has 5 nitrogen and oxygen atoms in total. The Morgan fingerprint density at radius 3 is 2.58 bits per heavy atom. The van der Waals surface area contributed by atoms with Crippen molar-refractivity contribution in [2.45, 2.75) is 32.9 Å². The van der Waals surface area contributed by atoms with Gasteiger partial charge in [0.1, 0.15) is 0 Å². The molecule has 0 amide bonds. The maximum absolute atomic E-state index is 12.3. The van der Waals surface area contributed by atoms with E-state index in [4.69, 9.17) is 0 Å². The van der Waals surface area contributed by atoms with E-state index < -0.39 is 11.3 Å². The van der Waals surface area contributed by atoms with Gasteiger partial charge in [0.05, 0.1) is 23.0 Å². The van der Waals surface area contributed by atoms with Gasteiger partial charge in [-0.05, 0) is 25.0 Å². The van der Waals surface area contributed by atoms with E-state index in [1.54, 1.807) is 31.2 Å². The van der Waals surface area contributed by atoms with E-state index in [1.807, 2.05) is 13.8 Å². The Hall–Kier alpha value is -1.88. The van der Waals surface area contributed by atoms with E-state index in [0.717, 1.165) is 4.57 Å². The van der Waals surface area contributed by atoms with Crippen LogP contribution in [0.2, 0.25) is 0 Å². The first kappa shape index (κ1) is 13.5. The molecule has 102 valence electrons. The fourth-order valence-electron chi connectivity index (χ4n) is 1.85. The van der Waals surface area contributed by atoms with Crippen LogP contribution in [-0.4, -0.2) is 20.3 Å². The molecule has 1 aromatic heterocycles. The summed E-state index contributed by atoms with van der Waals surface area (Å²) in [6, 6.07) is 6.84. The zero-order chi connectivity index (χ0) is 14.2. The average Bonchev–Trinajstić information content (AvgIpc) is 2.34. The predicted molar refractivity (Wildman–Crippen MR) is 74.3 cm³/mol. The summed E-state index contributed by atoms with van der Waals surface area (Å²) in [6.45, 7) is 5.29. The maximum atomic E-state index is 12.3. The Bertz CT molecular complexity index is 710. The highest BCUT2D eigenvalue weighted by atomic mass is 16.3. The van der Waals surface area contributed by atoms with Crippen molar-refractivity contribution in [2.24, 2.45) is 5.92 Å². The van der Waals surface area contributed by atoms with Crippen molar-refractivity contribution in [2.75, 3.05) is 0 Å². The first-order chi connectivity index (χ1) is 8.83. The summed E-state index contributed by atoms with van der Waals surface area (Å²) in [4.78, 5) is 26.9. The van der Waals surface area contributed by atoms with Crippen LogP contribution in [0.5, 0.6) is 0 Å². The number of nitrogens with zero attached hydrogens (tertiary/aromatic N) is 1. The maximum Gasteiger partial charge on any atom is 0.328 e. The molecule has 2 rings (SSSR count). The van der Waals surface area contributed by atoms with Crippen molar-refractivity contribution in [3.63, 3.8) is 0 Å². The van der Waals surface area contributed by atoms with Gasteiger partial charge in [-0.2, -0.15) is 0 Å². The van der Waals surface area contributed by atoms with Gasteiger partial charge < -0.3 is 10.1 Å². The number of hydrogen-bond donors (Lipinski definition) is 2. The molecule has 2 N–H and O–H groups in total. The van der Waals surface area contributed by atoms with Crippen molar-refractivity contribution >= 4 is 10.9 Å². The molecule has 0 aliphatic carbocycles. The lowest BCUT2D eigenvalue weighted by Crippen LogP contribution is -2.45. The second kappa shape index (κ2) is 4.66. The van der Waals surface area contributed by atoms with Crippen molar-refractivity contribution in [1.82, 2.24) is 9.55 Å². The lowest BCUT2D eigenvalue weighted by molar-refractivity contribution is -0.00448. The molecule has 0 saturated heterocycles. The van der Waals surface area contributed by atoms with Crippen LogP contribution in [0.15, 0.2) is 33.9 Å². The summed E-state index contributed by atoms with van der Waals surface area (Å²) in [5.41, 5.74) is -1.47. The van der Waals surface area contributed by atoms with Crippen LogP contribution in [0.1, 0.15) is 20.8 Å². The van der Waals surface area contributed by atoms with E-state index in [9.17, 15) is 14.7 Å². The molecule has 0 fully saturated rings. The largest absolute Gasteiger partial charge is 0.388 e. The summed E-state index contributed by atoms with van der Waals surface area (Å²) in [6.07, 6.45) is 0. The van der Waals surface area contributed by atoms with Crippen LogP contribution >= 0.6 is 0 Å². The molecule has 0 saturated carbocycles. The smallest absolute Gasteiger partial charge is 0.328 e. The Kier molecular flexibility index (Phi) is 3.32. The molecule has 1 unspecified atom stereocenters. The number of rotatable bonds is 3. The second-order valence-corrected chi connectivity index (χ2v) is 5.38. The van der Waals surface area contributed by atoms with Gasteiger partial charge in [0, 0.05) is 0 Å². The van der Waals surface area contributed by atoms with Gasteiger partial charge in [0.25, 0.3) is 5.56 Å². The summed E-state index contributed by atoms with van der Waals surface area (Å²) in [5.74, 6) is -0.0646.